The molecule has 6 nitrogen and oxygen atoms in total. The van der Waals surface area contributed by atoms with E-state index in [-0.39, 0.29) is 12.3 Å². The highest BCUT2D eigenvalue weighted by Gasteiger charge is 2.18. The van der Waals surface area contributed by atoms with Crippen LogP contribution in [0.2, 0.25) is 0 Å². The second-order valence-corrected chi connectivity index (χ2v) is 3.64. The zero-order valence-electron chi connectivity index (χ0n) is 9.45. The molecule has 1 amide bonds. The SMILES string of the molecule is NCCCCC(NC(=O)CCCN)C(=O)O. The summed E-state index contributed by atoms with van der Waals surface area (Å²) in [5.74, 6) is -1.26. The van der Waals surface area contributed by atoms with Crippen LogP contribution in [0.15, 0.2) is 0 Å². The summed E-state index contributed by atoms with van der Waals surface area (Å²) in [6.45, 7) is 0.964. The Morgan fingerprint density at radius 1 is 1.12 bits per heavy atom. The van der Waals surface area contributed by atoms with Crippen molar-refractivity contribution in [3.8, 4) is 0 Å². The quantitative estimate of drug-likeness (QED) is 0.396. The molecule has 6 N–H and O–H groups in total. The van der Waals surface area contributed by atoms with Gasteiger partial charge in [0.05, 0.1) is 0 Å². The van der Waals surface area contributed by atoms with E-state index in [2.05, 4.69) is 5.32 Å². The van der Waals surface area contributed by atoms with Crippen LogP contribution in [0.4, 0.5) is 0 Å². The molecular weight excluding hydrogens is 210 g/mol. The molecule has 1 unspecified atom stereocenters. The number of carboxylic acid groups (broad SMARTS) is 1. The standard InChI is InChI=1S/C10H21N3O3/c11-6-2-1-4-8(10(15)16)13-9(14)5-3-7-12/h8H,1-7,11-12H2,(H,13,14)(H,15,16). The van der Waals surface area contributed by atoms with E-state index in [1.165, 1.54) is 0 Å². The summed E-state index contributed by atoms with van der Waals surface area (Å²) in [5, 5.41) is 11.4. The number of aliphatic carboxylic acids is 1. The number of nitrogens with two attached hydrogens (primary N) is 2. The van der Waals surface area contributed by atoms with Crippen LogP contribution in [0.1, 0.15) is 32.1 Å². The number of carbonyl (C=O) groups excluding carboxylic acids is 1. The molecule has 0 heterocycles. The summed E-state index contributed by atoms with van der Waals surface area (Å²) >= 11 is 0. The Hall–Kier alpha value is -1.14. The molecule has 0 bridgehead atoms. The fourth-order valence-electron chi connectivity index (χ4n) is 1.28. The number of rotatable bonds is 9. The van der Waals surface area contributed by atoms with Gasteiger partial charge in [0.1, 0.15) is 6.04 Å². The molecule has 0 fully saturated rings. The van der Waals surface area contributed by atoms with Crippen molar-refractivity contribution < 1.29 is 14.7 Å². The minimum atomic E-state index is -1.00. The average Bonchev–Trinajstić information content (AvgIpc) is 2.25. The van der Waals surface area contributed by atoms with Crippen LogP contribution in [0.25, 0.3) is 0 Å². The molecule has 0 aromatic carbocycles. The Morgan fingerprint density at radius 2 is 1.75 bits per heavy atom. The third-order valence-electron chi connectivity index (χ3n) is 2.19. The summed E-state index contributed by atoms with van der Waals surface area (Å²) in [6, 6.07) is -0.808. The molecule has 0 saturated carbocycles. The highest BCUT2D eigenvalue weighted by atomic mass is 16.4. The maximum absolute atomic E-state index is 11.3. The molecule has 94 valence electrons. The van der Waals surface area contributed by atoms with Gasteiger partial charge in [-0.05, 0) is 38.8 Å². The van der Waals surface area contributed by atoms with Gasteiger partial charge < -0.3 is 21.9 Å². The van der Waals surface area contributed by atoms with Crippen molar-refractivity contribution in [2.24, 2.45) is 11.5 Å². The first-order valence-electron chi connectivity index (χ1n) is 5.54. The van der Waals surface area contributed by atoms with Gasteiger partial charge in [0.25, 0.3) is 0 Å². The lowest BCUT2D eigenvalue weighted by Crippen LogP contribution is -2.40. The van der Waals surface area contributed by atoms with E-state index in [1.807, 2.05) is 0 Å². The topological polar surface area (TPSA) is 118 Å². The predicted molar refractivity (Wildman–Crippen MR) is 60.8 cm³/mol. The summed E-state index contributed by atoms with van der Waals surface area (Å²) < 4.78 is 0. The lowest BCUT2D eigenvalue weighted by atomic mass is 10.1. The first-order chi connectivity index (χ1) is 7.61. The van der Waals surface area contributed by atoms with Crippen molar-refractivity contribution in [1.82, 2.24) is 5.32 Å². The van der Waals surface area contributed by atoms with E-state index in [1.54, 1.807) is 0 Å². The lowest BCUT2D eigenvalue weighted by molar-refractivity contribution is -0.142. The molecule has 0 rings (SSSR count). The summed E-state index contributed by atoms with van der Waals surface area (Å²) in [4.78, 5) is 22.1. The van der Waals surface area contributed by atoms with Crippen LogP contribution >= 0.6 is 0 Å². The second kappa shape index (κ2) is 9.11. The summed E-state index contributed by atoms with van der Waals surface area (Å²) in [6.07, 6.45) is 2.73. The number of hydrogen-bond acceptors (Lipinski definition) is 4. The molecule has 0 aliphatic carbocycles. The normalized spacial score (nSPS) is 12.1. The first-order valence-corrected chi connectivity index (χ1v) is 5.54. The number of carboxylic acids is 1. The van der Waals surface area contributed by atoms with Gasteiger partial charge in [-0.25, -0.2) is 4.79 Å². The van der Waals surface area contributed by atoms with Gasteiger partial charge in [-0.3, -0.25) is 4.79 Å². The van der Waals surface area contributed by atoms with E-state index in [4.69, 9.17) is 16.6 Å². The number of unbranched alkanes of at least 4 members (excludes halogenated alkanes) is 1. The van der Waals surface area contributed by atoms with Crippen LogP contribution < -0.4 is 16.8 Å². The highest BCUT2D eigenvalue weighted by molar-refractivity contribution is 5.83. The van der Waals surface area contributed by atoms with Crippen LogP contribution in [0, 0.1) is 0 Å². The maximum Gasteiger partial charge on any atom is 0.326 e. The van der Waals surface area contributed by atoms with Crippen LogP contribution in [-0.2, 0) is 9.59 Å². The van der Waals surface area contributed by atoms with Crippen LogP contribution in [0.3, 0.4) is 0 Å². The van der Waals surface area contributed by atoms with Crippen molar-refractivity contribution in [2.45, 2.75) is 38.1 Å². The number of nitrogens with one attached hydrogen (secondary N) is 1. The molecule has 0 aromatic rings. The van der Waals surface area contributed by atoms with Gasteiger partial charge in [0, 0.05) is 6.42 Å². The van der Waals surface area contributed by atoms with Crippen molar-refractivity contribution in [3.63, 3.8) is 0 Å². The zero-order valence-corrected chi connectivity index (χ0v) is 9.45. The molecular formula is C10H21N3O3. The molecule has 0 spiro atoms. The second-order valence-electron chi connectivity index (χ2n) is 3.64. The van der Waals surface area contributed by atoms with E-state index >= 15 is 0 Å². The van der Waals surface area contributed by atoms with E-state index in [0.717, 1.165) is 6.42 Å². The highest BCUT2D eigenvalue weighted by Crippen LogP contribution is 2.01. The largest absolute Gasteiger partial charge is 0.480 e. The van der Waals surface area contributed by atoms with Crippen LogP contribution in [0.5, 0.6) is 0 Å². The van der Waals surface area contributed by atoms with E-state index < -0.39 is 12.0 Å². The maximum atomic E-state index is 11.3. The molecule has 0 radical (unpaired) electrons. The first kappa shape index (κ1) is 14.9. The van der Waals surface area contributed by atoms with E-state index in [0.29, 0.717) is 32.4 Å². The lowest BCUT2D eigenvalue weighted by Gasteiger charge is -2.13. The molecule has 1 atom stereocenters. The fraction of sp³-hybridized carbons (Fsp3) is 0.800. The van der Waals surface area contributed by atoms with Crippen molar-refractivity contribution in [1.29, 1.82) is 0 Å². The summed E-state index contributed by atoms with van der Waals surface area (Å²) in [7, 11) is 0. The molecule has 0 saturated heterocycles. The van der Waals surface area contributed by atoms with Gasteiger partial charge in [-0.15, -0.1) is 0 Å². The number of amides is 1. The van der Waals surface area contributed by atoms with Gasteiger partial charge >= 0.3 is 5.97 Å². The fourth-order valence-corrected chi connectivity index (χ4v) is 1.28. The third kappa shape index (κ3) is 7.19. The number of hydrogen-bond donors (Lipinski definition) is 4. The smallest absolute Gasteiger partial charge is 0.326 e. The van der Waals surface area contributed by atoms with Crippen LogP contribution in [-0.4, -0.2) is 36.1 Å². The number of carbonyl (C=O) groups is 2. The Morgan fingerprint density at radius 3 is 2.25 bits per heavy atom. The minimum Gasteiger partial charge on any atom is -0.480 e. The van der Waals surface area contributed by atoms with Crippen molar-refractivity contribution in [2.75, 3.05) is 13.1 Å². The van der Waals surface area contributed by atoms with Gasteiger partial charge in [0.2, 0.25) is 5.91 Å². The van der Waals surface area contributed by atoms with Crippen molar-refractivity contribution >= 4 is 11.9 Å². The van der Waals surface area contributed by atoms with Gasteiger partial charge in [0.15, 0.2) is 0 Å². The molecule has 0 aliphatic heterocycles. The van der Waals surface area contributed by atoms with E-state index in [9.17, 15) is 9.59 Å². The zero-order chi connectivity index (χ0) is 12.4. The average molecular weight is 231 g/mol. The van der Waals surface area contributed by atoms with Crippen molar-refractivity contribution in [3.05, 3.63) is 0 Å². The Bertz CT molecular complexity index is 221. The molecule has 16 heavy (non-hydrogen) atoms. The Balaban J connectivity index is 3.92. The van der Waals surface area contributed by atoms with Gasteiger partial charge in [-0.1, -0.05) is 0 Å². The Kier molecular flexibility index (Phi) is 8.46. The monoisotopic (exact) mass is 231 g/mol. The third-order valence-corrected chi connectivity index (χ3v) is 2.19. The summed E-state index contributed by atoms with van der Waals surface area (Å²) in [5.41, 5.74) is 10.6. The molecule has 0 aromatic heterocycles. The predicted octanol–water partition coefficient (Wildman–Crippen LogP) is -0.576. The van der Waals surface area contributed by atoms with Gasteiger partial charge in [-0.2, -0.15) is 0 Å². The minimum absolute atomic E-state index is 0.259. The molecule has 0 aliphatic rings. The Labute approximate surface area is 95.4 Å². The molecule has 6 heteroatoms.